The van der Waals surface area contributed by atoms with Gasteiger partial charge in [0.1, 0.15) is 5.82 Å². The number of benzene rings is 1. The van der Waals surface area contributed by atoms with Crippen LogP contribution >= 0.6 is 0 Å². The van der Waals surface area contributed by atoms with Crippen molar-refractivity contribution in [2.24, 2.45) is 0 Å². The van der Waals surface area contributed by atoms with E-state index in [1.807, 2.05) is 6.07 Å². The van der Waals surface area contributed by atoms with Gasteiger partial charge >= 0.3 is 0 Å². The first-order valence-corrected chi connectivity index (χ1v) is 9.46. The molecule has 1 aromatic carbocycles. The summed E-state index contributed by atoms with van der Waals surface area (Å²) >= 11 is 0. The highest BCUT2D eigenvalue weighted by molar-refractivity contribution is 7.87. The second-order valence-electron chi connectivity index (χ2n) is 5.81. The lowest BCUT2D eigenvalue weighted by Gasteiger charge is -2.38. The first-order chi connectivity index (χ1) is 10.9. The van der Waals surface area contributed by atoms with Crippen LogP contribution in [0.5, 0.6) is 0 Å². The van der Waals surface area contributed by atoms with Crippen molar-refractivity contribution in [2.45, 2.75) is 32.1 Å². The molecule has 1 aliphatic rings. The van der Waals surface area contributed by atoms with Gasteiger partial charge in [-0.3, -0.25) is 0 Å². The molecule has 0 aromatic heterocycles. The second-order valence-corrected chi connectivity index (χ2v) is 7.57. The van der Waals surface area contributed by atoms with E-state index in [1.54, 1.807) is 19.9 Å². The molecule has 1 aliphatic heterocycles. The zero-order valence-electron chi connectivity index (χ0n) is 13.7. The Hall–Kier alpha value is -1.02. The van der Waals surface area contributed by atoms with E-state index in [4.69, 9.17) is 4.74 Å². The van der Waals surface area contributed by atoms with Gasteiger partial charge < -0.3 is 4.74 Å². The largest absolute Gasteiger partial charge is 0.381 e. The minimum atomic E-state index is -3.53. The first kappa shape index (κ1) is 18.3. The van der Waals surface area contributed by atoms with E-state index >= 15 is 0 Å². The molecule has 0 unspecified atom stereocenters. The van der Waals surface area contributed by atoms with Gasteiger partial charge in [-0.05, 0) is 30.5 Å². The van der Waals surface area contributed by atoms with Crippen LogP contribution in [0, 0.1) is 5.82 Å². The maximum absolute atomic E-state index is 13.6. The predicted octanol–water partition coefficient (Wildman–Crippen LogP) is 2.05. The summed E-state index contributed by atoms with van der Waals surface area (Å²) < 4.78 is 47.9. The van der Waals surface area contributed by atoms with Crippen molar-refractivity contribution in [1.82, 2.24) is 9.03 Å². The van der Waals surface area contributed by atoms with Crippen LogP contribution in [0.4, 0.5) is 4.39 Å². The Morgan fingerprint density at radius 3 is 2.48 bits per heavy atom. The highest BCUT2D eigenvalue weighted by Gasteiger charge is 2.36. The molecule has 0 spiro atoms. The molecule has 0 amide bonds. The van der Waals surface area contributed by atoms with Gasteiger partial charge in [0.2, 0.25) is 0 Å². The Balaban J connectivity index is 2.23. The first-order valence-electron chi connectivity index (χ1n) is 8.02. The summed E-state index contributed by atoms with van der Waals surface area (Å²) in [5, 5.41) is 0. The molecular formula is C16H25FN2O3S. The molecule has 0 saturated carbocycles. The maximum atomic E-state index is 13.6. The number of nitrogens with one attached hydrogen (secondary N) is 1. The maximum Gasteiger partial charge on any atom is 0.279 e. The third kappa shape index (κ3) is 4.29. The Morgan fingerprint density at radius 1 is 1.26 bits per heavy atom. The van der Waals surface area contributed by atoms with Gasteiger partial charge in [-0.1, -0.05) is 26.0 Å². The van der Waals surface area contributed by atoms with Crippen molar-refractivity contribution >= 4 is 10.2 Å². The molecule has 2 rings (SSSR count). The molecule has 1 N–H and O–H groups in total. The summed E-state index contributed by atoms with van der Waals surface area (Å²) in [4.78, 5) is 0. The van der Waals surface area contributed by atoms with Crippen LogP contribution < -0.4 is 4.72 Å². The average Bonchev–Trinajstić information content (AvgIpc) is 2.55. The van der Waals surface area contributed by atoms with Gasteiger partial charge in [0.15, 0.2) is 0 Å². The van der Waals surface area contributed by atoms with Crippen molar-refractivity contribution in [3.05, 3.63) is 35.6 Å². The smallest absolute Gasteiger partial charge is 0.279 e. The summed E-state index contributed by atoms with van der Waals surface area (Å²) in [6.07, 6.45) is 1.33. The Bertz CT molecular complexity index is 612. The van der Waals surface area contributed by atoms with Gasteiger partial charge in [-0.2, -0.15) is 12.7 Å². The summed E-state index contributed by atoms with van der Waals surface area (Å²) in [7, 11) is -3.53. The van der Waals surface area contributed by atoms with E-state index in [0.717, 1.165) is 5.56 Å². The summed E-state index contributed by atoms with van der Waals surface area (Å²) in [6.45, 7) is 5.79. The molecule has 1 aromatic rings. The Labute approximate surface area is 138 Å². The molecule has 5 nitrogen and oxygen atoms in total. The van der Waals surface area contributed by atoms with Crippen LogP contribution in [0.3, 0.4) is 0 Å². The highest BCUT2D eigenvalue weighted by Crippen LogP contribution is 2.34. The van der Waals surface area contributed by atoms with Gasteiger partial charge in [-0.15, -0.1) is 0 Å². The van der Waals surface area contributed by atoms with Crippen LogP contribution in [0.1, 0.15) is 32.3 Å². The number of ether oxygens (including phenoxy) is 1. The number of rotatable bonds is 7. The standard InChI is InChI=1S/C16H25FN2O3S/c1-3-19(4-2)23(20,21)18-13-16(8-10-22-11-9-16)14-6-5-7-15(17)12-14/h5-7,12,18H,3-4,8-11,13H2,1-2H3. The fourth-order valence-corrected chi connectivity index (χ4v) is 4.35. The minimum Gasteiger partial charge on any atom is -0.381 e. The molecule has 130 valence electrons. The predicted molar refractivity (Wildman–Crippen MR) is 88.0 cm³/mol. The van der Waals surface area contributed by atoms with E-state index in [9.17, 15) is 12.8 Å². The fourth-order valence-electron chi connectivity index (χ4n) is 3.03. The molecule has 0 bridgehead atoms. The number of nitrogens with zero attached hydrogens (tertiary/aromatic N) is 1. The summed E-state index contributed by atoms with van der Waals surface area (Å²) in [6, 6.07) is 6.43. The van der Waals surface area contributed by atoms with Crippen LogP contribution in [-0.2, 0) is 20.4 Å². The van der Waals surface area contributed by atoms with Crippen LogP contribution in [0.25, 0.3) is 0 Å². The lowest BCUT2D eigenvalue weighted by molar-refractivity contribution is 0.0515. The third-order valence-corrected chi connectivity index (χ3v) is 6.23. The molecule has 1 heterocycles. The topological polar surface area (TPSA) is 58.6 Å². The molecule has 0 radical (unpaired) electrons. The van der Waals surface area contributed by atoms with Crippen molar-refractivity contribution in [2.75, 3.05) is 32.8 Å². The molecule has 1 fully saturated rings. The summed E-state index contributed by atoms with van der Waals surface area (Å²) in [5.41, 5.74) is 0.392. The molecule has 0 atom stereocenters. The van der Waals surface area contributed by atoms with E-state index < -0.39 is 15.6 Å². The quantitative estimate of drug-likeness (QED) is 0.824. The number of hydrogen-bond donors (Lipinski definition) is 1. The van der Waals surface area contributed by atoms with E-state index in [2.05, 4.69) is 4.72 Å². The SMILES string of the molecule is CCN(CC)S(=O)(=O)NCC1(c2cccc(F)c2)CCOCC1. The Kier molecular flexibility index (Phi) is 6.13. The normalized spacial score (nSPS) is 18.3. The van der Waals surface area contributed by atoms with E-state index in [0.29, 0.717) is 39.1 Å². The Morgan fingerprint density at radius 2 is 1.91 bits per heavy atom. The molecule has 23 heavy (non-hydrogen) atoms. The van der Waals surface area contributed by atoms with Gasteiger partial charge in [0, 0.05) is 38.3 Å². The summed E-state index contributed by atoms with van der Waals surface area (Å²) in [5.74, 6) is -0.306. The average molecular weight is 344 g/mol. The van der Waals surface area contributed by atoms with Crippen LogP contribution in [-0.4, -0.2) is 45.6 Å². The lowest BCUT2D eigenvalue weighted by Crippen LogP contribution is -2.48. The van der Waals surface area contributed by atoms with Gasteiger partial charge in [-0.25, -0.2) is 9.11 Å². The van der Waals surface area contributed by atoms with E-state index in [1.165, 1.54) is 16.4 Å². The van der Waals surface area contributed by atoms with Crippen molar-refractivity contribution in [3.63, 3.8) is 0 Å². The van der Waals surface area contributed by atoms with Crippen molar-refractivity contribution < 1.29 is 17.5 Å². The second kappa shape index (κ2) is 7.70. The molecule has 0 aliphatic carbocycles. The molecular weight excluding hydrogens is 319 g/mol. The molecule has 7 heteroatoms. The van der Waals surface area contributed by atoms with Crippen LogP contribution in [0.15, 0.2) is 24.3 Å². The van der Waals surface area contributed by atoms with Gasteiger partial charge in [0.05, 0.1) is 0 Å². The zero-order valence-corrected chi connectivity index (χ0v) is 14.5. The van der Waals surface area contributed by atoms with Crippen molar-refractivity contribution in [1.29, 1.82) is 0 Å². The number of halogens is 1. The monoisotopic (exact) mass is 344 g/mol. The van der Waals surface area contributed by atoms with Gasteiger partial charge in [0.25, 0.3) is 10.2 Å². The number of hydrogen-bond acceptors (Lipinski definition) is 3. The lowest BCUT2D eigenvalue weighted by atomic mass is 9.74. The fraction of sp³-hybridized carbons (Fsp3) is 0.625. The van der Waals surface area contributed by atoms with Crippen LogP contribution in [0.2, 0.25) is 0 Å². The third-order valence-electron chi connectivity index (χ3n) is 4.53. The minimum absolute atomic E-state index is 0.249. The van der Waals surface area contributed by atoms with Crippen molar-refractivity contribution in [3.8, 4) is 0 Å². The molecule has 1 saturated heterocycles. The highest BCUT2D eigenvalue weighted by atomic mass is 32.2. The van der Waals surface area contributed by atoms with E-state index in [-0.39, 0.29) is 12.4 Å². The zero-order chi connectivity index (χ0) is 16.9.